The molecule has 0 radical (unpaired) electrons. The van der Waals surface area contributed by atoms with Crippen molar-refractivity contribution >= 4 is 50.7 Å². The van der Waals surface area contributed by atoms with E-state index in [1.165, 1.54) is 0 Å². The Morgan fingerprint density at radius 1 is 1.22 bits per heavy atom. The van der Waals surface area contributed by atoms with Gasteiger partial charge in [-0.1, -0.05) is 29.8 Å². The number of hydrogen-bond acceptors (Lipinski definition) is 5. The number of anilines is 1. The number of rotatable bonds is 7. The molecule has 0 aliphatic rings. The van der Waals surface area contributed by atoms with Crippen molar-refractivity contribution in [2.24, 2.45) is 0 Å². The van der Waals surface area contributed by atoms with Crippen LogP contribution in [0.4, 0.5) is 5.69 Å². The number of fused-ring (bicyclic) bond motifs is 1. The number of aryl methyl sites for hydroxylation is 1. The third-order valence-corrected chi connectivity index (χ3v) is 5.21. The number of nitrogens with zero attached hydrogens (tertiary/aromatic N) is 1. The van der Waals surface area contributed by atoms with Crippen molar-refractivity contribution in [3.05, 3.63) is 58.6 Å². The topological polar surface area (TPSA) is 68.3 Å². The molecule has 1 unspecified atom stereocenters. The van der Waals surface area contributed by atoms with E-state index in [0.29, 0.717) is 23.6 Å². The van der Waals surface area contributed by atoms with E-state index in [9.17, 15) is 9.59 Å². The molecule has 3 rings (SSSR count). The Balaban J connectivity index is 1.43. The molecule has 140 valence electrons. The zero-order valence-electron chi connectivity index (χ0n) is 14.8. The second-order valence-corrected chi connectivity index (χ2v) is 7.61. The van der Waals surface area contributed by atoms with E-state index in [1.807, 2.05) is 24.3 Å². The zero-order chi connectivity index (χ0) is 19.2. The maximum absolute atomic E-state index is 12.1. The summed E-state index contributed by atoms with van der Waals surface area (Å²) in [7, 11) is 0. The highest BCUT2D eigenvalue weighted by atomic mass is 35.5. The molecule has 1 N–H and O–H groups in total. The normalized spacial score (nSPS) is 11.9. The van der Waals surface area contributed by atoms with Gasteiger partial charge in [-0.15, -0.1) is 11.3 Å². The van der Waals surface area contributed by atoms with Crippen LogP contribution in [0.15, 0.2) is 48.5 Å². The Morgan fingerprint density at radius 2 is 2.04 bits per heavy atom. The van der Waals surface area contributed by atoms with Gasteiger partial charge in [-0.25, -0.2) is 4.98 Å². The lowest BCUT2D eigenvalue weighted by Gasteiger charge is -2.13. The maximum atomic E-state index is 12.1. The molecule has 27 heavy (non-hydrogen) atoms. The van der Waals surface area contributed by atoms with Crippen LogP contribution in [0, 0.1) is 0 Å². The minimum absolute atomic E-state index is 0.241. The van der Waals surface area contributed by atoms with E-state index < -0.39 is 18.0 Å². The lowest BCUT2D eigenvalue weighted by molar-refractivity contribution is -0.153. The highest BCUT2D eigenvalue weighted by molar-refractivity contribution is 7.18. The summed E-state index contributed by atoms with van der Waals surface area (Å²) >= 11 is 7.52. The lowest BCUT2D eigenvalue weighted by Crippen LogP contribution is -2.29. The number of thiazole rings is 1. The molecular formula is C20H19ClN2O3S. The number of carbonyl (C=O) groups excluding carboxylic acids is 2. The van der Waals surface area contributed by atoms with Gasteiger partial charge >= 0.3 is 5.97 Å². The van der Waals surface area contributed by atoms with E-state index >= 15 is 0 Å². The van der Waals surface area contributed by atoms with Crippen LogP contribution in [0.25, 0.3) is 10.2 Å². The van der Waals surface area contributed by atoms with Crippen LogP contribution < -0.4 is 5.32 Å². The van der Waals surface area contributed by atoms with Gasteiger partial charge in [0, 0.05) is 17.1 Å². The average Bonchev–Trinajstić information content (AvgIpc) is 3.04. The lowest BCUT2D eigenvalue weighted by atomic mass is 10.2. The van der Waals surface area contributed by atoms with Crippen molar-refractivity contribution in [1.82, 2.24) is 4.98 Å². The summed E-state index contributed by atoms with van der Waals surface area (Å²) in [4.78, 5) is 28.6. The predicted molar refractivity (Wildman–Crippen MR) is 108 cm³/mol. The third kappa shape index (κ3) is 5.52. The van der Waals surface area contributed by atoms with E-state index in [2.05, 4.69) is 10.3 Å². The Morgan fingerprint density at radius 3 is 2.81 bits per heavy atom. The molecule has 0 aliphatic heterocycles. The van der Waals surface area contributed by atoms with Gasteiger partial charge in [-0.2, -0.15) is 0 Å². The summed E-state index contributed by atoms with van der Waals surface area (Å²) in [5, 5.41) is 4.19. The van der Waals surface area contributed by atoms with Gasteiger partial charge in [-0.3, -0.25) is 9.59 Å². The van der Waals surface area contributed by atoms with Crippen LogP contribution >= 0.6 is 22.9 Å². The van der Waals surface area contributed by atoms with E-state index in [0.717, 1.165) is 15.2 Å². The summed E-state index contributed by atoms with van der Waals surface area (Å²) in [6, 6.07) is 14.7. The molecule has 0 spiro atoms. The highest BCUT2D eigenvalue weighted by Crippen LogP contribution is 2.22. The zero-order valence-corrected chi connectivity index (χ0v) is 16.3. The fraction of sp³-hybridized carbons (Fsp3) is 0.250. The number of halogens is 1. The van der Waals surface area contributed by atoms with Crippen LogP contribution in [-0.2, 0) is 20.7 Å². The van der Waals surface area contributed by atoms with Crippen LogP contribution in [-0.4, -0.2) is 23.0 Å². The fourth-order valence-corrected chi connectivity index (χ4v) is 3.73. The predicted octanol–water partition coefficient (Wildman–Crippen LogP) is 4.84. The van der Waals surface area contributed by atoms with Crippen molar-refractivity contribution in [2.75, 3.05) is 5.32 Å². The van der Waals surface area contributed by atoms with Crippen LogP contribution in [0.2, 0.25) is 5.02 Å². The summed E-state index contributed by atoms with van der Waals surface area (Å²) < 4.78 is 6.35. The first-order valence-corrected chi connectivity index (χ1v) is 9.81. The number of esters is 1. The van der Waals surface area contributed by atoms with E-state index in [-0.39, 0.29) is 6.42 Å². The SMILES string of the molecule is CC(OC(=O)CCCc1nc2ccccc2s1)C(=O)Nc1cccc(Cl)c1. The van der Waals surface area contributed by atoms with Gasteiger partial charge in [0.25, 0.3) is 5.91 Å². The number of aromatic nitrogens is 1. The minimum Gasteiger partial charge on any atom is -0.453 e. The first-order valence-electron chi connectivity index (χ1n) is 8.61. The van der Waals surface area contributed by atoms with Gasteiger partial charge in [0.1, 0.15) is 0 Å². The molecule has 0 aliphatic carbocycles. The second-order valence-electron chi connectivity index (χ2n) is 6.06. The molecule has 1 atom stereocenters. The number of benzene rings is 2. The number of carbonyl (C=O) groups is 2. The number of ether oxygens (including phenoxy) is 1. The summed E-state index contributed by atoms with van der Waals surface area (Å²) in [6.07, 6.45) is 0.697. The molecular weight excluding hydrogens is 384 g/mol. The van der Waals surface area contributed by atoms with Crippen molar-refractivity contribution in [1.29, 1.82) is 0 Å². The van der Waals surface area contributed by atoms with Crippen molar-refractivity contribution in [3.8, 4) is 0 Å². The summed E-state index contributed by atoms with van der Waals surface area (Å²) in [5.41, 5.74) is 1.54. The molecule has 2 aromatic carbocycles. The van der Waals surface area contributed by atoms with Crippen LogP contribution in [0.1, 0.15) is 24.8 Å². The fourth-order valence-electron chi connectivity index (χ4n) is 2.53. The number of amides is 1. The van der Waals surface area contributed by atoms with E-state index in [4.69, 9.17) is 16.3 Å². The molecule has 0 fully saturated rings. The third-order valence-electron chi connectivity index (χ3n) is 3.88. The van der Waals surface area contributed by atoms with Gasteiger partial charge in [0.05, 0.1) is 15.2 Å². The van der Waals surface area contributed by atoms with Crippen molar-refractivity contribution in [2.45, 2.75) is 32.3 Å². The Hall–Kier alpha value is -2.44. The summed E-state index contributed by atoms with van der Waals surface area (Å²) in [6.45, 7) is 1.55. The molecule has 7 heteroatoms. The van der Waals surface area contributed by atoms with Crippen molar-refractivity contribution in [3.63, 3.8) is 0 Å². The first-order chi connectivity index (χ1) is 13.0. The molecule has 1 amide bonds. The van der Waals surface area contributed by atoms with Gasteiger partial charge in [0.2, 0.25) is 0 Å². The smallest absolute Gasteiger partial charge is 0.306 e. The standard InChI is InChI=1S/C20H19ClN2O3S/c1-13(20(25)22-15-7-4-6-14(21)12-15)26-19(24)11-5-10-18-23-16-8-2-3-9-17(16)27-18/h2-4,6-9,12-13H,5,10-11H2,1H3,(H,22,25). The number of hydrogen-bond donors (Lipinski definition) is 1. The largest absolute Gasteiger partial charge is 0.453 e. The quantitative estimate of drug-likeness (QED) is 0.574. The number of para-hydroxylation sites is 1. The maximum Gasteiger partial charge on any atom is 0.306 e. The molecule has 0 saturated carbocycles. The summed E-state index contributed by atoms with van der Waals surface area (Å²) in [5.74, 6) is -0.790. The van der Waals surface area contributed by atoms with E-state index in [1.54, 1.807) is 42.5 Å². The minimum atomic E-state index is -0.876. The van der Waals surface area contributed by atoms with Crippen molar-refractivity contribution < 1.29 is 14.3 Å². The monoisotopic (exact) mass is 402 g/mol. The molecule has 0 saturated heterocycles. The average molecular weight is 403 g/mol. The van der Waals surface area contributed by atoms with Gasteiger partial charge < -0.3 is 10.1 Å². The van der Waals surface area contributed by atoms with Gasteiger partial charge in [0.15, 0.2) is 6.10 Å². The highest BCUT2D eigenvalue weighted by Gasteiger charge is 2.18. The Labute approximate surface area is 166 Å². The molecule has 0 bridgehead atoms. The second kappa shape index (κ2) is 8.97. The Kier molecular flexibility index (Phi) is 6.42. The molecule has 1 aromatic heterocycles. The molecule has 5 nitrogen and oxygen atoms in total. The van der Waals surface area contributed by atoms with Crippen LogP contribution in [0.5, 0.6) is 0 Å². The van der Waals surface area contributed by atoms with Gasteiger partial charge in [-0.05, 0) is 50.1 Å². The Bertz CT molecular complexity index is 924. The first kappa shape index (κ1) is 19.3. The number of nitrogens with one attached hydrogen (secondary N) is 1. The molecule has 1 heterocycles. The molecule has 3 aromatic rings. The van der Waals surface area contributed by atoms with Crippen LogP contribution in [0.3, 0.4) is 0 Å².